The Bertz CT molecular complexity index is 767. The van der Waals surface area contributed by atoms with Crippen LogP contribution in [0.2, 0.25) is 0 Å². The van der Waals surface area contributed by atoms with Gasteiger partial charge in [0.05, 0.1) is 18.8 Å². The average Bonchev–Trinajstić information content (AvgIpc) is 3.14. The van der Waals surface area contributed by atoms with Crippen LogP contribution in [0.3, 0.4) is 0 Å². The van der Waals surface area contributed by atoms with Gasteiger partial charge in [0.1, 0.15) is 11.6 Å². The van der Waals surface area contributed by atoms with Crippen LogP contribution in [0.1, 0.15) is 42.0 Å². The highest BCUT2D eigenvalue weighted by Crippen LogP contribution is 2.33. The van der Waals surface area contributed by atoms with E-state index in [0.717, 1.165) is 35.5 Å². The molecule has 8 heteroatoms. The third kappa shape index (κ3) is 2.90. The minimum absolute atomic E-state index is 0.0972. The number of fused-ring (bicyclic) bond motifs is 2. The number of aryl methyl sites for hydroxylation is 2. The number of hydrogen-bond acceptors (Lipinski definition) is 5. The number of hydrogen-bond donors (Lipinski definition) is 1. The molecule has 1 unspecified atom stereocenters. The Morgan fingerprint density at radius 1 is 1.38 bits per heavy atom. The van der Waals surface area contributed by atoms with Gasteiger partial charge in [-0.25, -0.2) is 19.4 Å². The van der Waals surface area contributed by atoms with Gasteiger partial charge in [-0.05, 0) is 32.1 Å². The first-order chi connectivity index (χ1) is 11.6. The maximum absolute atomic E-state index is 12.5. The lowest BCUT2D eigenvalue weighted by Gasteiger charge is -2.26. The molecule has 0 fully saturated rings. The lowest BCUT2D eigenvalue weighted by Crippen LogP contribution is -2.41. The van der Waals surface area contributed by atoms with Crippen LogP contribution >= 0.6 is 11.3 Å². The lowest BCUT2D eigenvalue weighted by atomic mass is 9.89. The number of urea groups is 1. The normalized spacial score (nSPS) is 19.8. The van der Waals surface area contributed by atoms with Gasteiger partial charge in [0, 0.05) is 11.4 Å². The lowest BCUT2D eigenvalue weighted by molar-refractivity contribution is 0.193. The first-order valence-electron chi connectivity index (χ1n) is 8.57. The summed E-state index contributed by atoms with van der Waals surface area (Å²) < 4.78 is 1.88. The number of carbonyl (C=O) groups excluding carboxylic acids is 1. The number of aromatic nitrogens is 4. The molecule has 24 heavy (non-hydrogen) atoms. The second kappa shape index (κ2) is 6.16. The number of carbonyl (C=O) groups is 1. The minimum atomic E-state index is -0.0972. The van der Waals surface area contributed by atoms with Gasteiger partial charge >= 0.3 is 6.03 Å². The molecule has 0 radical (unpaired) electrons. The molecule has 3 heterocycles. The van der Waals surface area contributed by atoms with Crippen LogP contribution in [0, 0.1) is 12.8 Å². The predicted octanol–water partition coefficient (Wildman–Crippen LogP) is 2.61. The van der Waals surface area contributed by atoms with E-state index in [1.165, 1.54) is 23.4 Å². The fourth-order valence-corrected chi connectivity index (χ4v) is 4.56. The summed E-state index contributed by atoms with van der Waals surface area (Å²) in [7, 11) is 0. The highest BCUT2D eigenvalue weighted by molar-refractivity contribution is 7.15. The summed E-state index contributed by atoms with van der Waals surface area (Å²) in [5.74, 6) is 2.36. The van der Waals surface area contributed by atoms with E-state index < -0.39 is 0 Å². The van der Waals surface area contributed by atoms with Crippen LogP contribution < -0.4 is 5.32 Å². The van der Waals surface area contributed by atoms with Gasteiger partial charge in [0.15, 0.2) is 5.13 Å². The van der Waals surface area contributed by atoms with Crippen molar-refractivity contribution in [3.05, 3.63) is 22.2 Å². The Balaban J connectivity index is 1.43. The molecular weight excluding hydrogens is 324 g/mol. The molecule has 1 aliphatic carbocycles. The van der Waals surface area contributed by atoms with Crippen LogP contribution in [0.25, 0.3) is 0 Å². The summed E-state index contributed by atoms with van der Waals surface area (Å²) in [6, 6.07) is -0.0972. The number of rotatable bonds is 2. The van der Waals surface area contributed by atoms with Crippen LogP contribution in [0.5, 0.6) is 0 Å². The molecule has 0 spiro atoms. The highest BCUT2D eigenvalue weighted by atomic mass is 32.1. The van der Waals surface area contributed by atoms with Gasteiger partial charge in [0.25, 0.3) is 0 Å². The van der Waals surface area contributed by atoms with Gasteiger partial charge in [-0.2, -0.15) is 5.10 Å². The molecular formula is C16H22N6OS. The maximum Gasteiger partial charge on any atom is 0.324 e. The van der Waals surface area contributed by atoms with E-state index in [9.17, 15) is 4.79 Å². The fraction of sp³-hybridized carbons (Fsp3) is 0.625. The van der Waals surface area contributed by atoms with Crippen LogP contribution in [0.4, 0.5) is 9.93 Å². The molecule has 0 bridgehead atoms. The van der Waals surface area contributed by atoms with Gasteiger partial charge in [-0.3, -0.25) is 5.32 Å². The Labute approximate surface area is 145 Å². The fourth-order valence-electron chi connectivity index (χ4n) is 3.45. The summed E-state index contributed by atoms with van der Waals surface area (Å²) in [6.45, 7) is 5.95. The first-order valence-corrected chi connectivity index (χ1v) is 9.39. The summed E-state index contributed by atoms with van der Waals surface area (Å²) in [6.07, 6.45) is 4.56. The largest absolute Gasteiger partial charge is 0.324 e. The summed E-state index contributed by atoms with van der Waals surface area (Å²) >= 11 is 1.63. The van der Waals surface area contributed by atoms with E-state index >= 15 is 0 Å². The van der Waals surface area contributed by atoms with Crippen LogP contribution in [-0.4, -0.2) is 37.2 Å². The Kier molecular flexibility index (Phi) is 3.99. The summed E-state index contributed by atoms with van der Waals surface area (Å²) in [5, 5.41) is 8.03. The van der Waals surface area contributed by atoms with E-state index in [2.05, 4.69) is 27.3 Å². The van der Waals surface area contributed by atoms with E-state index in [-0.39, 0.29) is 6.03 Å². The van der Waals surface area contributed by atoms with Gasteiger partial charge in [-0.15, -0.1) is 11.3 Å². The van der Waals surface area contributed by atoms with Crippen molar-refractivity contribution in [2.75, 3.05) is 11.9 Å². The molecule has 4 rings (SSSR count). The van der Waals surface area contributed by atoms with E-state index in [1.807, 2.05) is 11.6 Å². The van der Waals surface area contributed by atoms with Crippen molar-refractivity contribution in [3.8, 4) is 0 Å². The number of anilines is 1. The second-order valence-corrected chi connectivity index (χ2v) is 7.64. The number of nitrogens with zero attached hydrogens (tertiary/aromatic N) is 5. The van der Waals surface area contributed by atoms with Crippen molar-refractivity contribution in [2.45, 2.75) is 52.6 Å². The SMILES string of the molecule is CCC1CCc2nc(NC(=O)N3CCn4nc(C)nc4C3)sc2C1. The van der Waals surface area contributed by atoms with Gasteiger partial charge < -0.3 is 4.90 Å². The molecule has 2 amide bonds. The Morgan fingerprint density at radius 3 is 3.08 bits per heavy atom. The zero-order valence-corrected chi connectivity index (χ0v) is 14.9. The number of nitrogens with one attached hydrogen (secondary N) is 1. The molecule has 2 aliphatic rings. The predicted molar refractivity (Wildman–Crippen MR) is 92.1 cm³/mol. The molecule has 0 aromatic carbocycles. The third-order valence-corrected chi connectivity index (χ3v) is 5.92. The molecule has 128 valence electrons. The minimum Gasteiger partial charge on any atom is -0.315 e. The summed E-state index contributed by atoms with van der Waals surface area (Å²) in [4.78, 5) is 24.7. The molecule has 1 atom stereocenters. The van der Waals surface area contributed by atoms with E-state index in [1.54, 1.807) is 16.2 Å². The smallest absolute Gasteiger partial charge is 0.315 e. The van der Waals surface area contributed by atoms with E-state index in [4.69, 9.17) is 0 Å². The zero-order valence-electron chi connectivity index (χ0n) is 14.1. The third-order valence-electron chi connectivity index (χ3n) is 4.89. The molecule has 7 nitrogen and oxygen atoms in total. The topological polar surface area (TPSA) is 75.9 Å². The van der Waals surface area contributed by atoms with Crippen molar-refractivity contribution in [2.24, 2.45) is 5.92 Å². The molecule has 2 aromatic heterocycles. The summed E-state index contributed by atoms with van der Waals surface area (Å²) in [5.41, 5.74) is 1.18. The maximum atomic E-state index is 12.5. The number of thiazole rings is 1. The highest BCUT2D eigenvalue weighted by Gasteiger charge is 2.25. The van der Waals surface area contributed by atoms with E-state index in [0.29, 0.717) is 19.6 Å². The van der Waals surface area contributed by atoms with Crippen LogP contribution in [0.15, 0.2) is 0 Å². The standard InChI is InChI=1S/C16H22N6OS/c1-3-11-4-5-12-13(8-11)24-15(18-12)19-16(23)21-6-7-22-14(9-21)17-10(2)20-22/h11H,3-9H2,1-2H3,(H,18,19,23). The molecule has 0 saturated carbocycles. The molecule has 1 aliphatic heterocycles. The quantitative estimate of drug-likeness (QED) is 0.907. The number of amides is 2. The molecule has 2 aromatic rings. The van der Waals surface area contributed by atoms with Crippen molar-refractivity contribution >= 4 is 22.5 Å². The molecule has 1 N–H and O–H groups in total. The zero-order chi connectivity index (χ0) is 16.7. The monoisotopic (exact) mass is 346 g/mol. The van der Waals surface area contributed by atoms with Crippen molar-refractivity contribution in [1.82, 2.24) is 24.6 Å². The van der Waals surface area contributed by atoms with Crippen molar-refractivity contribution < 1.29 is 4.79 Å². The van der Waals surface area contributed by atoms with Crippen molar-refractivity contribution in [3.63, 3.8) is 0 Å². The average molecular weight is 346 g/mol. The van der Waals surface area contributed by atoms with Crippen LogP contribution in [-0.2, 0) is 25.9 Å². The Morgan fingerprint density at radius 2 is 2.25 bits per heavy atom. The molecule has 0 saturated heterocycles. The van der Waals surface area contributed by atoms with Gasteiger partial charge in [-0.1, -0.05) is 13.3 Å². The van der Waals surface area contributed by atoms with Gasteiger partial charge in [0.2, 0.25) is 0 Å². The second-order valence-electron chi connectivity index (χ2n) is 6.56. The Hall–Kier alpha value is -1.96. The van der Waals surface area contributed by atoms with Crippen molar-refractivity contribution in [1.29, 1.82) is 0 Å². The first kappa shape index (κ1) is 15.6.